The van der Waals surface area contributed by atoms with Crippen LogP contribution < -0.4 is 0 Å². The van der Waals surface area contributed by atoms with Gasteiger partial charge in [-0.15, -0.1) is 11.8 Å². The number of aliphatic hydroxyl groups excluding tert-OH is 1. The van der Waals surface area contributed by atoms with Gasteiger partial charge in [-0.1, -0.05) is 6.92 Å². The van der Waals surface area contributed by atoms with E-state index in [0.717, 1.165) is 0 Å². The lowest BCUT2D eigenvalue weighted by Gasteiger charge is -2.27. The van der Waals surface area contributed by atoms with Crippen LogP contribution in [0.15, 0.2) is 0 Å². The second-order valence-electron chi connectivity index (χ2n) is 2.66. The van der Waals surface area contributed by atoms with Crippen LogP contribution in [0.1, 0.15) is 26.7 Å². The van der Waals surface area contributed by atoms with E-state index in [9.17, 15) is 5.11 Å². The van der Waals surface area contributed by atoms with E-state index in [1.807, 2.05) is 6.92 Å². The lowest BCUT2D eigenvalue weighted by molar-refractivity contribution is -0.0645. The first-order valence-electron chi connectivity index (χ1n) is 3.72. The summed E-state index contributed by atoms with van der Waals surface area (Å²) in [6, 6.07) is 0. The molecule has 11 heavy (non-hydrogen) atoms. The quantitative estimate of drug-likeness (QED) is 0.590. The van der Waals surface area contributed by atoms with Gasteiger partial charge in [0.1, 0.15) is 5.60 Å². The van der Waals surface area contributed by atoms with Crippen molar-refractivity contribution in [1.29, 1.82) is 0 Å². The summed E-state index contributed by atoms with van der Waals surface area (Å²) in [5, 5.41) is 18.8. The van der Waals surface area contributed by atoms with Crippen molar-refractivity contribution < 1.29 is 10.2 Å². The second kappa shape index (κ2) is 4.38. The monoisotopic (exact) mass is 155 g/mol. The van der Waals surface area contributed by atoms with E-state index in [1.54, 1.807) is 6.92 Å². The van der Waals surface area contributed by atoms with Crippen molar-refractivity contribution in [2.24, 2.45) is 0 Å². The first-order chi connectivity index (χ1) is 5.06. The summed E-state index contributed by atoms with van der Waals surface area (Å²) in [5.74, 6) is 5.09. The molecule has 0 rings (SSSR count). The summed E-state index contributed by atoms with van der Waals surface area (Å²) in [7, 11) is 0. The molecule has 0 aromatic heterocycles. The number of rotatable bonds is 3. The number of hydrogen-bond acceptors (Lipinski definition) is 2. The van der Waals surface area contributed by atoms with Crippen molar-refractivity contribution in [3.05, 3.63) is 6.92 Å². The van der Waals surface area contributed by atoms with Gasteiger partial charge in [-0.25, -0.2) is 0 Å². The van der Waals surface area contributed by atoms with Crippen LogP contribution in [-0.2, 0) is 0 Å². The van der Waals surface area contributed by atoms with Gasteiger partial charge in [-0.05, 0) is 13.3 Å². The molecule has 0 heterocycles. The fourth-order valence-electron chi connectivity index (χ4n) is 0.784. The SMILES string of the molecule is [CH2]C#CCC(O)(CC)C(C)O. The van der Waals surface area contributed by atoms with Crippen molar-refractivity contribution in [3.63, 3.8) is 0 Å². The minimum Gasteiger partial charge on any atom is -0.390 e. The molecular formula is C9H15O2. The van der Waals surface area contributed by atoms with E-state index in [4.69, 9.17) is 5.11 Å². The predicted molar refractivity (Wildman–Crippen MR) is 44.7 cm³/mol. The van der Waals surface area contributed by atoms with Gasteiger partial charge in [0.25, 0.3) is 0 Å². The van der Waals surface area contributed by atoms with Gasteiger partial charge in [0, 0.05) is 13.3 Å². The van der Waals surface area contributed by atoms with Crippen LogP contribution in [0.5, 0.6) is 0 Å². The molecule has 2 nitrogen and oxygen atoms in total. The van der Waals surface area contributed by atoms with E-state index < -0.39 is 11.7 Å². The summed E-state index contributed by atoms with van der Waals surface area (Å²) < 4.78 is 0. The van der Waals surface area contributed by atoms with E-state index in [0.29, 0.717) is 6.42 Å². The third-order valence-corrected chi connectivity index (χ3v) is 1.91. The summed E-state index contributed by atoms with van der Waals surface area (Å²) in [5.41, 5.74) is -1.06. The van der Waals surface area contributed by atoms with Gasteiger partial charge in [0.05, 0.1) is 6.10 Å². The Morgan fingerprint density at radius 2 is 2.18 bits per heavy atom. The average molecular weight is 155 g/mol. The fourth-order valence-corrected chi connectivity index (χ4v) is 0.784. The van der Waals surface area contributed by atoms with E-state index >= 15 is 0 Å². The zero-order valence-corrected chi connectivity index (χ0v) is 7.09. The molecule has 0 aromatic rings. The van der Waals surface area contributed by atoms with Crippen LogP contribution in [0, 0.1) is 18.8 Å². The first-order valence-corrected chi connectivity index (χ1v) is 3.72. The Balaban J connectivity index is 4.17. The standard InChI is InChI=1S/C9H15O2/c1-4-6-7-9(11,5-2)8(3)10/h8,10-11H,1,5,7H2,2-3H3. The molecular weight excluding hydrogens is 140 g/mol. The maximum atomic E-state index is 9.65. The van der Waals surface area contributed by atoms with Crippen LogP contribution in [0.25, 0.3) is 0 Å². The zero-order valence-electron chi connectivity index (χ0n) is 7.09. The van der Waals surface area contributed by atoms with Crippen molar-refractivity contribution in [3.8, 4) is 11.8 Å². The molecule has 0 aliphatic heterocycles. The van der Waals surface area contributed by atoms with Gasteiger partial charge >= 0.3 is 0 Å². The van der Waals surface area contributed by atoms with Crippen LogP contribution in [0.2, 0.25) is 0 Å². The lowest BCUT2D eigenvalue weighted by Crippen LogP contribution is -2.39. The number of aliphatic hydroxyl groups is 2. The van der Waals surface area contributed by atoms with Gasteiger partial charge < -0.3 is 10.2 Å². The van der Waals surface area contributed by atoms with Crippen molar-refractivity contribution in [1.82, 2.24) is 0 Å². The topological polar surface area (TPSA) is 40.5 Å². The smallest absolute Gasteiger partial charge is 0.101 e. The average Bonchev–Trinajstić information content (AvgIpc) is 2.00. The zero-order chi connectivity index (χ0) is 8.91. The van der Waals surface area contributed by atoms with Gasteiger partial charge in [0.15, 0.2) is 0 Å². The fraction of sp³-hybridized carbons (Fsp3) is 0.667. The normalized spacial score (nSPS) is 17.9. The molecule has 2 atom stereocenters. The highest BCUT2D eigenvalue weighted by molar-refractivity contribution is 5.06. The van der Waals surface area contributed by atoms with E-state index in [1.165, 1.54) is 0 Å². The highest BCUT2D eigenvalue weighted by Gasteiger charge is 2.29. The highest BCUT2D eigenvalue weighted by Crippen LogP contribution is 2.18. The highest BCUT2D eigenvalue weighted by atomic mass is 16.3. The van der Waals surface area contributed by atoms with Crippen LogP contribution >= 0.6 is 0 Å². The molecule has 0 aromatic carbocycles. The number of hydrogen-bond donors (Lipinski definition) is 2. The van der Waals surface area contributed by atoms with Gasteiger partial charge in [-0.3, -0.25) is 0 Å². The van der Waals surface area contributed by atoms with E-state index in [2.05, 4.69) is 18.8 Å². The Labute approximate surface area is 68.2 Å². The maximum absolute atomic E-state index is 9.65. The van der Waals surface area contributed by atoms with Crippen LogP contribution in [0.3, 0.4) is 0 Å². The van der Waals surface area contributed by atoms with Crippen molar-refractivity contribution in [2.75, 3.05) is 0 Å². The minimum atomic E-state index is -1.06. The summed E-state index contributed by atoms with van der Waals surface area (Å²) in [6.07, 6.45) is 0.0395. The molecule has 0 aliphatic rings. The lowest BCUT2D eigenvalue weighted by atomic mass is 9.91. The minimum absolute atomic E-state index is 0.282. The molecule has 0 saturated heterocycles. The third kappa shape index (κ3) is 2.92. The molecule has 0 saturated carbocycles. The third-order valence-electron chi connectivity index (χ3n) is 1.91. The molecule has 0 fully saturated rings. The molecule has 0 amide bonds. The van der Waals surface area contributed by atoms with Gasteiger partial charge in [0.2, 0.25) is 0 Å². The summed E-state index contributed by atoms with van der Waals surface area (Å²) in [4.78, 5) is 0. The van der Waals surface area contributed by atoms with Crippen LogP contribution in [-0.4, -0.2) is 21.9 Å². The Morgan fingerprint density at radius 3 is 2.45 bits per heavy atom. The maximum Gasteiger partial charge on any atom is 0.101 e. The Bertz CT molecular complexity index is 164. The molecule has 63 valence electrons. The Hall–Kier alpha value is -0.520. The molecule has 2 unspecified atom stereocenters. The summed E-state index contributed by atoms with van der Waals surface area (Å²) in [6.45, 7) is 6.71. The molecule has 2 heteroatoms. The molecule has 1 radical (unpaired) electrons. The largest absolute Gasteiger partial charge is 0.390 e. The van der Waals surface area contributed by atoms with E-state index in [-0.39, 0.29) is 6.42 Å². The second-order valence-corrected chi connectivity index (χ2v) is 2.66. The Kier molecular flexibility index (Phi) is 4.17. The summed E-state index contributed by atoms with van der Waals surface area (Å²) >= 11 is 0. The Morgan fingerprint density at radius 1 is 1.64 bits per heavy atom. The predicted octanol–water partition coefficient (Wildman–Crippen LogP) is 0.736. The molecule has 0 bridgehead atoms. The van der Waals surface area contributed by atoms with Crippen molar-refractivity contribution in [2.45, 2.75) is 38.4 Å². The van der Waals surface area contributed by atoms with Crippen LogP contribution in [0.4, 0.5) is 0 Å². The molecule has 0 aliphatic carbocycles. The van der Waals surface area contributed by atoms with Gasteiger partial charge in [-0.2, -0.15) is 0 Å². The van der Waals surface area contributed by atoms with Crippen molar-refractivity contribution >= 4 is 0 Å². The molecule has 0 spiro atoms. The first kappa shape index (κ1) is 10.5. The molecule has 2 N–H and O–H groups in total.